The predicted molar refractivity (Wildman–Crippen MR) is 107 cm³/mol. The number of amides is 1. The fourth-order valence-electron chi connectivity index (χ4n) is 4.33. The molecule has 0 N–H and O–H groups in total. The van der Waals surface area contributed by atoms with Gasteiger partial charge in [0.2, 0.25) is 0 Å². The van der Waals surface area contributed by atoms with Gasteiger partial charge in [0.05, 0.1) is 0 Å². The summed E-state index contributed by atoms with van der Waals surface area (Å²) < 4.78 is 7.81. The Balaban J connectivity index is 1.32. The maximum absolute atomic E-state index is 13.3. The lowest BCUT2D eigenvalue weighted by Crippen LogP contribution is -2.36. The van der Waals surface area contributed by atoms with Crippen LogP contribution < -0.4 is 0 Å². The van der Waals surface area contributed by atoms with Crippen LogP contribution in [0.1, 0.15) is 60.0 Å². The van der Waals surface area contributed by atoms with E-state index in [1.807, 2.05) is 42.4 Å². The number of hydrogen-bond acceptors (Lipinski definition) is 5. The highest BCUT2D eigenvalue weighted by Gasteiger charge is 2.33. The van der Waals surface area contributed by atoms with E-state index in [0.29, 0.717) is 17.5 Å². The van der Waals surface area contributed by atoms with Crippen LogP contribution in [-0.4, -0.2) is 43.1 Å². The normalized spacial score (nSPS) is 19.1. The Morgan fingerprint density at radius 3 is 3.00 bits per heavy atom. The number of benzene rings is 1. The summed E-state index contributed by atoms with van der Waals surface area (Å²) in [7, 11) is 0. The molecule has 0 bridgehead atoms. The van der Waals surface area contributed by atoms with Gasteiger partial charge in [-0.15, -0.1) is 10.2 Å². The zero-order valence-electron chi connectivity index (χ0n) is 16.6. The van der Waals surface area contributed by atoms with E-state index >= 15 is 0 Å². The molecule has 1 atom stereocenters. The zero-order chi connectivity index (χ0) is 19.8. The van der Waals surface area contributed by atoms with E-state index in [-0.39, 0.29) is 11.9 Å². The summed E-state index contributed by atoms with van der Waals surface area (Å²) in [5, 5.41) is 8.39. The van der Waals surface area contributed by atoms with Crippen LogP contribution in [0.4, 0.5) is 0 Å². The van der Waals surface area contributed by atoms with E-state index < -0.39 is 0 Å². The molecule has 7 heteroatoms. The van der Waals surface area contributed by atoms with Gasteiger partial charge in [-0.05, 0) is 45.1 Å². The summed E-state index contributed by atoms with van der Waals surface area (Å²) in [6.45, 7) is 2.79. The molecular weight excluding hydrogens is 366 g/mol. The molecule has 3 aromatic rings. The minimum Gasteiger partial charge on any atom is -0.443 e. The number of aromatic nitrogens is 4. The number of aryl methyl sites for hydroxylation is 2. The molecule has 1 amide bonds. The van der Waals surface area contributed by atoms with Gasteiger partial charge in [0, 0.05) is 30.6 Å². The third kappa shape index (κ3) is 3.57. The number of carbonyl (C=O) groups is 1. The maximum Gasteiger partial charge on any atom is 0.276 e. The Labute approximate surface area is 169 Å². The molecule has 1 aliphatic carbocycles. The van der Waals surface area contributed by atoms with Crippen LogP contribution in [0, 0.1) is 6.92 Å². The molecule has 150 valence electrons. The summed E-state index contributed by atoms with van der Waals surface area (Å²) in [6.07, 6.45) is 9.41. The Bertz CT molecular complexity index is 1020. The van der Waals surface area contributed by atoms with Crippen LogP contribution in [0.2, 0.25) is 0 Å². The van der Waals surface area contributed by atoms with E-state index in [1.165, 1.54) is 19.2 Å². The summed E-state index contributed by atoms with van der Waals surface area (Å²) in [4.78, 5) is 19.6. The van der Waals surface area contributed by atoms with Crippen molar-refractivity contribution in [2.45, 2.75) is 57.5 Å². The summed E-state index contributed by atoms with van der Waals surface area (Å²) >= 11 is 0. The molecule has 1 aromatic carbocycles. The molecule has 2 aliphatic rings. The SMILES string of the molecule is Cc1cccc(-c2ocnc2C(=O)N2CCCC2CCc2nncn2C2CC2)c1. The van der Waals surface area contributed by atoms with Crippen LogP contribution >= 0.6 is 0 Å². The smallest absolute Gasteiger partial charge is 0.276 e. The molecule has 7 nitrogen and oxygen atoms in total. The van der Waals surface area contributed by atoms with E-state index in [0.717, 1.165) is 49.2 Å². The van der Waals surface area contributed by atoms with Crippen LogP contribution in [-0.2, 0) is 6.42 Å². The first-order valence-electron chi connectivity index (χ1n) is 10.4. The van der Waals surface area contributed by atoms with Crippen LogP contribution in [0.5, 0.6) is 0 Å². The molecule has 2 aromatic heterocycles. The molecule has 0 radical (unpaired) electrons. The van der Waals surface area contributed by atoms with Crippen molar-refractivity contribution < 1.29 is 9.21 Å². The number of oxazole rings is 1. The van der Waals surface area contributed by atoms with Crippen LogP contribution in [0.3, 0.4) is 0 Å². The first-order valence-corrected chi connectivity index (χ1v) is 10.4. The first-order chi connectivity index (χ1) is 14.2. The summed E-state index contributed by atoms with van der Waals surface area (Å²) in [6, 6.07) is 8.75. The Kier molecular flexibility index (Phi) is 4.66. The molecular formula is C22H25N5O2. The third-order valence-corrected chi connectivity index (χ3v) is 5.98. The summed E-state index contributed by atoms with van der Waals surface area (Å²) in [5.74, 6) is 1.55. The van der Waals surface area contributed by atoms with Gasteiger partial charge in [-0.1, -0.05) is 23.8 Å². The minimum absolute atomic E-state index is 0.0404. The van der Waals surface area contributed by atoms with E-state index in [9.17, 15) is 4.79 Å². The topological polar surface area (TPSA) is 77.1 Å². The predicted octanol–water partition coefficient (Wildman–Crippen LogP) is 3.81. The molecule has 5 rings (SSSR count). The van der Waals surface area contributed by atoms with E-state index in [1.54, 1.807) is 0 Å². The fourth-order valence-corrected chi connectivity index (χ4v) is 4.33. The van der Waals surface area contributed by atoms with Gasteiger partial charge in [0.15, 0.2) is 17.8 Å². The third-order valence-electron chi connectivity index (χ3n) is 5.98. The first kappa shape index (κ1) is 18.1. The molecule has 1 saturated carbocycles. The number of hydrogen-bond donors (Lipinski definition) is 0. The second kappa shape index (κ2) is 7.46. The molecule has 1 saturated heterocycles. The van der Waals surface area contributed by atoms with E-state index in [4.69, 9.17) is 4.42 Å². The van der Waals surface area contributed by atoms with Crippen molar-refractivity contribution in [2.24, 2.45) is 0 Å². The van der Waals surface area contributed by atoms with Crippen molar-refractivity contribution in [1.82, 2.24) is 24.6 Å². The van der Waals surface area contributed by atoms with Crippen molar-refractivity contribution in [1.29, 1.82) is 0 Å². The quantitative estimate of drug-likeness (QED) is 0.638. The zero-order valence-corrected chi connectivity index (χ0v) is 16.6. The highest BCUT2D eigenvalue weighted by Crippen LogP contribution is 2.36. The lowest BCUT2D eigenvalue weighted by atomic mass is 10.1. The number of nitrogens with zero attached hydrogens (tertiary/aromatic N) is 5. The molecule has 2 fully saturated rings. The van der Waals surface area contributed by atoms with Gasteiger partial charge in [-0.3, -0.25) is 4.79 Å². The van der Waals surface area contributed by atoms with Gasteiger partial charge in [-0.2, -0.15) is 0 Å². The van der Waals surface area contributed by atoms with Gasteiger partial charge < -0.3 is 13.9 Å². The van der Waals surface area contributed by atoms with Crippen molar-refractivity contribution in [3.05, 3.63) is 54.1 Å². The highest BCUT2D eigenvalue weighted by molar-refractivity contribution is 5.98. The second-order valence-corrected chi connectivity index (χ2v) is 8.12. The van der Waals surface area contributed by atoms with E-state index in [2.05, 4.69) is 19.7 Å². The largest absolute Gasteiger partial charge is 0.443 e. The average molecular weight is 391 g/mol. The average Bonchev–Trinajstić information content (AvgIpc) is 3.15. The Hall–Kier alpha value is -2.96. The van der Waals surface area contributed by atoms with Crippen LogP contribution in [0.15, 0.2) is 41.4 Å². The number of rotatable bonds is 6. The lowest BCUT2D eigenvalue weighted by molar-refractivity contribution is 0.0725. The monoisotopic (exact) mass is 391 g/mol. The maximum atomic E-state index is 13.3. The summed E-state index contributed by atoms with van der Waals surface area (Å²) in [5.41, 5.74) is 2.42. The van der Waals surface area contributed by atoms with Crippen molar-refractivity contribution in [2.75, 3.05) is 6.54 Å². The number of likely N-dealkylation sites (tertiary alicyclic amines) is 1. The molecule has 1 unspecified atom stereocenters. The van der Waals surface area contributed by atoms with Crippen molar-refractivity contribution in [3.8, 4) is 11.3 Å². The molecule has 0 spiro atoms. The lowest BCUT2D eigenvalue weighted by Gasteiger charge is -2.24. The van der Waals surface area contributed by atoms with Gasteiger partial charge in [-0.25, -0.2) is 4.98 Å². The van der Waals surface area contributed by atoms with Crippen molar-refractivity contribution >= 4 is 5.91 Å². The van der Waals surface area contributed by atoms with Gasteiger partial charge in [0.1, 0.15) is 12.2 Å². The molecule has 1 aliphatic heterocycles. The minimum atomic E-state index is -0.0404. The Morgan fingerprint density at radius 1 is 1.28 bits per heavy atom. The standard InChI is InChI=1S/C22H25N5O2/c1-15-4-2-5-16(12-15)21-20(23-14-29-21)22(28)26-11-3-6-17(26)9-10-19-25-24-13-27(19)18-7-8-18/h2,4-5,12-14,17-18H,3,6-11H2,1H3. The molecule has 29 heavy (non-hydrogen) atoms. The Morgan fingerprint density at radius 2 is 2.17 bits per heavy atom. The second-order valence-electron chi connectivity index (χ2n) is 8.12. The van der Waals surface area contributed by atoms with Crippen molar-refractivity contribution in [3.63, 3.8) is 0 Å². The molecule has 3 heterocycles. The van der Waals surface area contributed by atoms with Gasteiger partial charge in [0.25, 0.3) is 5.91 Å². The number of carbonyl (C=O) groups excluding carboxylic acids is 1. The van der Waals surface area contributed by atoms with Gasteiger partial charge >= 0.3 is 0 Å². The fraction of sp³-hybridized carbons (Fsp3) is 0.455. The van der Waals surface area contributed by atoms with Crippen LogP contribution in [0.25, 0.3) is 11.3 Å². The highest BCUT2D eigenvalue weighted by atomic mass is 16.3.